The number of carbonyl (C=O) groups is 5. The van der Waals surface area contributed by atoms with Crippen LogP contribution in [-0.2, 0) is 65.6 Å². The Balaban J connectivity index is 1.13. The molecule has 15 nitrogen and oxygen atoms in total. The summed E-state index contributed by atoms with van der Waals surface area (Å²) >= 11 is 0. The zero-order chi connectivity index (χ0) is 41.7. The highest BCUT2D eigenvalue weighted by molar-refractivity contribution is 5.92. The van der Waals surface area contributed by atoms with Crippen molar-refractivity contribution < 1.29 is 52.4 Å². The van der Waals surface area contributed by atoms with E-state index in [0.717, 1.165) is 42.4 Å². The molecule has 2 aliphatic heterocycles. The maximum absolute atomic E-state index is 13.8. The van der Waals surface area contributed by atoms with Crippen LogP contribution in [0.2, 0.25) is 0 Å². The normalized spacial score (nSPS) is 24.4. The van der Waals surface area contributed by atoms with Gasteiger partial charge in [-0.1, -0.05) is 104 Å². The molecule has 4 amide bonds. The fraction of sp³-hybridized carbons (Fsp3) is 0.477. The van der Waals surface area contributed by atoms with Crippen LogP contribution in [0.1, 0.15) is 75.4 Å². The van der Waals surface area contributed by atoms with Crippen molar-refractivity contribution in [3.63, 3.8) is 0 Å². The van der Waals surface area contributed by atoms with Gasteiger partial charge >= 0.3 is 5.97 Å². The molecule has 3 aliphatic rings. The zero-order valence-corrected chi connectivity index (χ0v) is 33.4. The van der Waals surface area contributed by atoms with Gasteiger partial charge in [0.1, 0.15) is 49.1 Å². The van der Waals surface area contributed by atoms with Gasteiger partial charge in [0.05, 0.1) is 13.2 Å². The van der Waals surface area contributed by atoms with Crippen molar-refractivity contribution in [3.05, 3.63) is 108 Å². The summed E-state index contributed by atoms with van der Waals surface area (Å²) < 4.78 is 37.3. The highest BCUT2D eigenvalue weighted by Crippen LogP contribution is 2.37. The van der Waals surface area contributed by atoms with E-state index in [2.05, 4.69) is 16.0 Å². The molecule has 0 radical (unpaired) electrons. The van der Waals surface area contributed by atoms with E-state index in [-0.39, 0.29) is 44.5 Å². The minimum Gasteiger partial charge on any atom is -0.461 e. The van der Waals surface area contributed by atoms with Crippen LogP contribution in [0.15, 0.2) is 91.0 Å². The quantitative estimate of drug-likeness (QED) is 0.137. The van der Waals surface area contributed by atoms with Gasteiger partial charge in [0.15, 0.2) is 12.6 Å². The fourth-order valence-electron chi connectivity index (χ4n) is 7.38. The Morgan fingerprint density at radius 2 is 1.42 bits per heavy atom. The predicted octanol–water partition coefficient (Wildman–Crippen LogP) is 3.49. The first-order chi connectivity index (χ1) is 28.5. The number of hydrogen-bond acceptors (Lipinski definition) is 11. The largest absolute Gasteiger partial charge is 0.461 e. The second-order valence-electron chi connectivity index (χ2n) is 15.2. The lowest BCUT2D eigenvalue weighted by atomic mass is 9.94. The van der Waals surface area contributed by atoms with E-state index in [0.29, 0.717) is 0 Å². The lowest BCUT2D eigenvalue weighted by molar-refractivity contribution is -0.351. The molecular weight excluding hydrogens is 761 g/mol. The Hall–Kier alpha value is -5.19. The molecule has 2 heterocycles. The van der Waals surface area contributed by atoms with Crippen LogP contribution < -0.4 is 21.7 Å². The van der Waals surface area contributed by atoms with E-state index in [1.165, 1.54) is 13.8 Å². The highest BCUT2D eigenvalue weighted by Gasteiger charge is 2.53. The third-order valence-electron chi connectivity index (χ3n) is 10.7. The van der Waals surface area contributed by atoms with Crippen molar-refractivity contribution in [3.8, 4) is 0 Å². The lowest BCUT2D eigenvalue weighted by Gasteiger charge is -2.49. The average Bonchev–Trinajstić information content (AvgIpc) is 3.81. The first-order valence-electron chi connectivity index (χ1n) is 20.2. The molecule has 59 heavy (non-hydrogen) atoms. The molecule has 6 rings (SSSR count). The zero-order valence-electron chi connectivity index (χ0n) is 33.4. The second-order valence-corrected chi connectivity index (χ2v) is 15.2. The highest BCUT2D eigenvalue weighted by atomic mass is 16.8. The molecule has 316 valence electrons. The number of amides is 4. The van der Waals surface area contributed by atoms with Crippen LogP contribution in [-0.4, -0.2) is 85.0 Å². The summed E-state index contributed by atoms with van der Waals surface area (Å²) in [4.78, 5) is 65.4. The minimum absolute atomic E-state index is 0.0639. The number of carbonyl (C=O) groups excluding carboxylic acids is 5. The maximum atomic E-state index is 13.8. The number of fused-ring (bicyclic) bond motifs is 1. The van der Waals surface area contributed by atoms with E-state index in [1.54, 1.807) is 0 Å². The number of hydrogen-bond donors (Lipinski definition) is 4. The summed E-state index contributed by atoms with van der Waals surface area (Å²) in [6.45, 7) is 3.32. The van der Waals surface area contributed by atoms with Gasteiger partial charge in [-0.3, -0.25) is 24.0 Å². The summed E-state index contributed by atoms with van der Waals surface area (Å²) in [6, 6.07) is 24.8. The van der Waals surface area contributed by atoms with Gasteiger partial charge < -0.3 is 50.1 Å². The third kappa shape index (κ3) is 12.2. The Kier molecular flexibility index (Phi) is 15.6. The summed E-state index contributed by atoms with van der Waals surface area (Å²) in [5.41, 5.74) is 8.02. The SMILES string of the molecule is C[C@H](NC(=O)[C@@H](C)O[C@H]1[C@@H]2O[C@H](c3ccccc3)OC[C@H]2OC(OCc2ccccc2)[C@@H]1NC(=O)C1CCCC1)C(=O)N[C@H](CCC(=O)OCc1ccccc1)C(N)=O. The summed E-state index contributed by atoms with van der Waals surface area (Å²) in [5, 5.41) is 8.32. The smallest absolute Gasteiger partial charge is 0.306 e. The van der Waals surface area contributed by atoms with Crippen LogP contribution in [0, 0.1) is 5.92 Å². The average molecular weight is 815 g/mol. The predicted molar refractivity (Wildman–Crippen MR) is 212 cm³/mol. The van der Waals surface area contributed by atoms with Crippen LogP contribution in [0.25, 0.3) is 0 Å². The Labute approximate surface area is 343 Å². The molecule has 0 aromatic heterocycles. The van der Waals surface area contributed by atoms with Crippen molar-refractivity contribution >= 4 is 29.6 Å². The Morgan fingerprint density at radius 3 is 2.07 bits per heavy atom. The van der Waals surface area contributed by atoms with E-state index in [9.17, 15) is 24.0 Å². The van der Waals surface area contributed by atoms with Gasteiger partial charge in [0.2, 0.25) is 23.6 Å². The molecule has 3 aromatic rings. The first kappa shape index (κ1) is 43.4. The molecular formula is C44H54N4O11. The second kappa shape index (κ2) is 21.2. The van der Waals surface area contributed by atoms with Crippen molar-refractivity contribution in [2.45, 2.75) is 121 Å². The summed E-state index contributed by atoms with van der Waals surface area (Å²) in [7, 11) is 0. The number of esters is 1. The van der Waals surface area contributed by atoms with Crippen molar-refractivity contribution in [2.75, 3.05) is 6.61 Å². The van der Waals surface area contributed by atoms with Crippen LogP contribution in [0.4, 0.5) is 0 Å². The van der Waals surface area contributed by atoms with Gasteiger partial charge in [0.25, 0.3) is 0 Å². The first-order valence-corrected chi connectivity index (χ1v) is 20.2. The molecule has 1 unspecified atom stereocenters. The Morgan fingerprint density at radius 1 is 0.797 bits per heavy atom. The van der Waals surface area contributed by atoms with Crippen molar-refractivity contribution in [1.82, 2.24) is 16.0 Å². The number of benzene rings is 3. The molecule has 3 aromatic carbocycles. The van der Waals surface area contributed by atoms with Gasteiger partial charge in [-0.2, -0.15) is 0 Å². The van der Waals surface area contributed by atoms with E-state index >= 15 is 0 Å². The molecule has 1 saturated carbocycles. The van der Waals surface area contributed by atoms with Crippen LogP contribution >= 0.6 is 0 Å². The summed E-state index contributed by atoms with van der Waals surface area (Å²) in [5.74, 6) is -3.12. The third-order valence-corrected chi connectivity index (χ3v) is 10.7. The number of nitrogens with one attached hydrogen (secondary N) is 3. The molecule has 0 spiro atoms. The topological polar surface area (TPSA) is 203 Å². The number of nitrogens with two attached hydrogens (primary N) is 1. The summed E-state index contributed by atoms with van der Waals surface area (Å²) in [6.07, 6.45) is -2.32. The standard InChI is InChI=1S/C44H54N4O11/c1-27(40(51)47-33(39(45)50)22-23-35(49)54-24-29-14-6-3-7-15-29)46-41(52)28(2)57-38-36(48-42(53)31-18-12-13-19-31)44(55-25-30-16-8-4-9-17-30)58-34-26-56-43(59-37(34)38)32-20-10-5-11-21-32/h3-11,14-17,20-21,27-28,31,33-34,36-38,43-44H,12-13,18-19,22-26H2,1-2H3,(H2,45,50)(H,46,52)(H,47,51)(H,48,53)/t27-,28+,33+,34+,36+,37+,38+,43+,44?/m0/s1. The Bertz CT molecular complexity index is 1850. The fourth-order valence-corrected chi connectivity index (χ4v) is 7.38. The number of rotatable bonds is 18. The van der Waals surface area contributed by atoms with Gasteiger partial charge in [0, 0.05) is 17.9 Å². The van der Waals surface area contributed by atoms with Crippen LogP contribution in [0.3, 0.4) is 0 Å². The lowest BCUT2D eigenvalue weighted by Crippen LogP contribution is -2.68. The molecule has 5 N–H and O–H groups in total. The molecule has 2 saturated heterocycles. The molecule has 0 bridgehead atoms. The van der Waals surface area contributed by atoms with E-state index in [1.807, 2.05) is 91.0 Å². The van der Waals surface area contributed by atoms with Gasteiger partial charge in [-0.25, -0.2) is 0 Å². The monoisotopic (exact) mass is 814 g/mol. The minimum atomic E-state index is -1.20. The molecule has 3 fully saturated rings. The van der Waals surface area contributed by atoms with E-state index < -0.39 is 78.8 Å². The molecule has 15 heteroatoms. The van der Waals surface area contributed by atoms with E-state index in [4.69, 9.17) is 34.2 Å². The number of ether oxygens (including phenoxy) is 6. The van der Waals surface area contributed by atoms with Gasteiger partial charge in [-0.05, 0) is 44.2 Å². The molecule has 1 aliphatic carbocycles. The van der Waals surface area contributed by atoms with Crippen molar-refractivity contribution in [1.29, 1.82) is 0 Å². The van der Waals surface area contributed by atoms with Crippen LogP contribution in [0.5, 0.6) is 0 Å². The maximum Gasteiger partial charge on any atom is 0.306 e. The number of primary amides is 1. The molecule has 9 atom stereocenters. The van der Waals surface area contributed by atoms with Crippen molar-refractivity contribution in [2.24, 2.45) is 11.7 Å². The van der Waals surface area contributed by atoms with Gasteiger partial charge in [-0.15, -0.1) is 0 Å².